The van der Waals surface area contributed by atoms with Crippen LogP contribution in [0, 0.1) is 41.7 Å². The Morgan fingerprint density at radius 3 is 1.75 bits per heavy atom. The van der Waals surface area contributed by atoms with Crippen molar-refractivity contribution in [2.45, 2.75) is 0 Å². The Morgan fingerprint density at radius 1 is 1.75 bits per heavy atom. The quantitative estimate of drug-likeness (QED) is 0.558. The van der Waals surface area contributed by atoms with E-state index < -0.39 is 0 Å². The van der Waals surface area contributed by atoms with Gasteiger partial charge in [-0.2, -0.15) is 0 Å². The second kappa shape index (κ2) is 9.14. The Hall–Kier alpha value is 0.847. The molecule has 0 saturated carbocycles. The number of aliphatic hydroxyl groups excluding tert-OH is 1. The van der Waals surface area contributed by atoms with Crippen LogP contribution in [0.2, 0.25) is 0 Å². The Labute approximate surface area is 57.6 Å². The molecular formula is CHCeO2. The zero-order valence-corrected chi connectivity index (χ0v) is 5.00. The van der Waals surface area contributed by atoms with E-state index in [9.17, 15) is 0 Å². The van der Waals surface area contributed by atoms with E-state index in [1.54, 1.807) is 0 Å². The molecule has 0 aromatic carbocycles. The maximum absolute atomic E-state index is 8.24. The van der Waals surface area contributed by atoms with Crippen LogP contribution in [0.15, 0.2) is 0 Å². The first-order valence-corrected chi connectivity index (χ1v) is 0.428. The first-order chi connectivity index (χ1) is 1.41. The average molecular weight is 185 g/mol. The molecule has 0 aliphatic rings. The smallest absolute Gasteiger partial charge is 0.414 e. The van der Waals surface area contributed by atoms with E-state index in [2.05, 4.69) is 0 Å². The minimum atomic E-state index is 0. The van der Waals surface area contributed by atoms with Crippen molar-refractivity contribution in [3.8, 4) is 0 Å². The molecule has 0 aromatic heterocycles. The summed E-state index contributed by atoms with van der Waals surface area (Å²) in [4.78, 5) is 8.24. The zero-order valence-electron chi connectivity index (χ0n) is 1.86. The van der Waals surface area contributed by atoms with Crippen LogP contribution in [0.5, 0.6) is 0 Å². The summed E-state index contributed by atoms with van der Waals surface area (Å²) in [5.74, 6) is 0. The summed E-state index contributed by atoms with van der Waals surface area (Å²) in [6.45, 7) is 0.500. The summed E-state index contributed by atoms with van der Waals surface area (Å²) in [5, 5.41) is 6.76. The normalized spacial score (nSPS) is 3.00. The molecule has 3 heteroatoms. The van der Waals surface area contributed by atoms with Gasteiger partial charge >= 0.3 is 6.47 Å². The third-order valence-corrected chi connectivity index (χ3v) is 0. The zero-order chi connectivity index (χ0) is 2.71. The van der Waals surface area contributed by atoms with Gasteiger partial charge in [0.2, 0.25) is 0 Å². The van der Waals surface area contributed by atoms with Crippen molar-refractivity contribution in [1.82, 2.24) is 0 Å². The molecule has 0 heterocycles. The Bertz CT molecular complexity index is 13.5. The van der Waals surface area contributed by atoms with Crippen LogP contribution in [0.1, 0.15) is 0 Å². The molecule has 0 spiro atoms. The van der Waals surface area contributed by atoms with E-state index in [0.717, 1.165) is 0 Å². The molecule has 0 bridgehead atoms. The monoisotopic (exact) mass is 185 g/mol. The molecule has 0 rings (SSSR count). The Balaban J connectivity index is 0. The molecule has 0 unspecified atom stereocenters. The molecule has 1 radical (unpaired) electrons. The summed E-state index contributed by atoms with van der Waals surface area (Å²) < 4.78 is 0. The third-order valence-electron chi connectivity index (χ3n) is 0. The van der Waals surface area contributed by atoms with E-state index in [1.807, 2.05) is 0 Å². The maximum atomic E-state index is 8.24. The van der Waals surface area contributed by atoms with E-state index in [4.69, 9.17) is 9.90 Å². The fraction of sp³-hybridized carbons (Fsp3) is 0. The van der Waals surface area contributed by atoms with Crippen molar-refractivity contribution in [3.05, 3.63) is 0 Å². The van der Waals surface area contributed by atoms with Gasteiger partial charge in [-0.1, -0.05) is 0 Å². The predicted molar refractivity (Wildman–Crippen MR) is 8.32 cm³/mol. The van der Waals surface area contributed by atoms with Crippen LogP contribution >= 0.6 is 0 Å². The van der Waals surface area contributed by atoms with Crippen molar-refractivity contribution in [2.75, 3.05) is 0 Å². The van der Waals surface area contributed by atoms with Gasteiger partial charge in [0.1, 0.15) is 0 Å². The minimum Gasteiger partial charge on any atom is -0.473 e. The molecule has 21 valence electrons. The van der Waals surface area contributed by atoms with Crippen LogP contribution in [0.25, 0.3) is 0 Å². The summed E-state index contributed by atoms with van der Waals surface area (Å²) in [6.07, 6.45) is 0. The van der Waals surface area contributed by atoms with Gasteiger partial charge in [0, 0.05) is 41.7 Å². The topological polar surface area (TPSA) is 37.3 Å². The van der Waals surface area contributed by atoms with Gasteiger partial charge in [0.05, 0.1) is 0 Å². The van der Waals surface area contributed by atoms with Crippen LogP contribution in [-0.4, -0.2) is 11.6 Å². The van der Waals surface area contributed by atoms with Crippen LogP contribution in [0.3, 0.4) is 0 Å². The van der Waals surface area contributed by atoms with Gasteiger partial charge in [-0.15, -0.1) is 0 Å². The largest absolute Gasteiger partial charge is 0.473 e. The number of hydrogen-bond acceptors (Lipinski definition) is 1. The van der Waals surface area contributed by atoms with Gasteiger partial charge < -0.3 is 5.11 Å². The van der Waals surface area contributed by atoms with E-state index in [0.29, 0.717) is 6.47 Å². The molecule has 0 saturated heterocycles. The molecule has 1 N–H and O–H groups in total. The van der Waals surface area contributed by atoms with Crippen molar-refractivity contribution in [1.29, 1.82) is 0 Å². The molecule has 0 fully saturated rings. The fourth-order valence-electron chi connectivity index (χ4n) is 0. The van der Waals surface area contributed by atoms with Crippen molar-refractivity contribution >= 4 is 6.47 Å². The second-order valence-corrected chi connectivity index (χ2v) is 0.0913. The van der Waals surface area contributed by atoms with Gasteiger partial charge in [-0.25, -0.2) is 4.79 Å². The van der Waals surface area contributed by atoms with Gasteiger partial charge in [-0.05, 0) is 0 Å². The van der Waals surface area contributed by atoms with Crippen molar-refractivity contribution in [3.63, 3.8) is 0 Å². The van der Waals surface area contributed by atoms with Crippen LogP contribution in [-0.2, 0) is 4.79 Å². The molecule has 0 amide bonds. The third kappa shape index (κ3) is 13.5. The summed E-state index contributed by atoms with van der Waals surface area (Å²) in [6, 6.07) is 0. The maximum Gasteiger partial charge on any atom is 0.414 e. The number of hydrogen-bond donors (Lipinski definition) is 1. The molecule has 0 aromatic rings. The molecule has 2 nitrogen and oxygen atoms in total. The molecular weight excluding hydrogens is 184 g/mol. The van der Waals surface area contributed by atoms with Crippen LogP contribution in [0.4, 0.5) is 0 Å². The predicted octanol–water partition coefficient (Wildman–Crippen LogP) is -0.388. The SMILES string of the molecule is O=[C]O.[Ce]. The average Bonchev–Trinajstić information content (AvgIpc) is 0.918. The van der Waals surface area contributed by atoms with Gasteiger partial charge in [-0.3, -0.25) is 0 Å². The molecule has 0 aliphatic carbocycles. The fourth-order valence-corrected chi connectivity index (χ4v) is 0. The van der Waals surface area contributed by atoms with E-state index in [-0.39, 0.29) is 41.7 Å². The van der Waals surface area contributed by atoms with E-state index in [1.165, 1.54) is 0 Å². The van der Waals surface area contributed by atoms with Crippen molar-refractivity contribution < 1.29 is 51.6 Å². The van der Waals surface area contributed by atoms with Gasteiger partial charge in [0.15, 0.2) is 0 Å². The number of rotatable bonds is 0. The standard InChI is InChI=1S/CHO2.Ce/c2-1-3;/h(H,2,3);. The Kier molecular flexibility index (Phi) is 20.2. The van der Waals surface area contributed by atoms with Gasteiger partial charge in [0.25, 0.3) is 0 Å². The van der Waals surface area contributed by atoms with Crippen molar-refractivity contribution in [2.24, 2.45) is 0 Å². The molecule has 0 atom stereocenters. The summed E-state index contributed by atoms with van der Waals surface area (Å²) in [7, 11) is 0. The molecule has 4 heavy (non-hydrogen) atoms. The minimum absolute atomic E-state index is 0. The second-order valence-electron chi connectivity index (χ2n) is 0.0913. The Morgan fingerprint density at radius 2 is 1.75 bits per heavy atom. The molecule has 0 aliphatic heterocycles. The summed E-state index contributed by atoms with van der Waals surface area (Å²) in [5.41, 5.74) is 0. The summed E-state index contributed by atoms with van der Waals surface area (Å²) >= 11 is 0. The first-order valence-electron chi connectivity index (χ1n) is 0.428. The van der Waals surface area contributed by atoms with E-state index >= 15 is 0 Å². The first kappa shape index (κ1) is 8.85. The van der Waals surface area contributed by atoms with Crippen LogP contribution < -0.4 is 0 Å².